The Kier molecular flexibility index (Phi) is 6.74. The van der Waals surface area contributed by atoms with E-state index in [2.05, 4.69) is 6.58 Å². The van der Waals surface area contributed by atoms with Crippen molar-refractivity contribution >= 4 is 0 Å². The summed E-state index contributed by atoms with van der Waals surface area (Å²) in [6.07, 6.45) is 11.8. The maximum Gasteiger partial charge on any atom is 0.111 e. The van der Waals surface area contributed by atoms with Crippen molar-refractivity contribution in [3.05, 3.63) is 48.9 Å². The molecule has 0 radical (unpaired) electrons. The first-order valence-corrected chi connectivity index (χ1v) is 3.74. The van der Waals surface area contributed by atoms with E-state index < -0.39 is 0 Å². The summed E-state index contributed by atoms with van der Waals surface area (Å²) < 4.78 is 4.83. The van der Waals surface area contributed by atoms with E-state index in [4.69, 9.17) is 10.5 Å². The molecule has 0 aliphatic carbocycles. The molecule has 0 aliphatic rings. The maximum absolute atomic E-state index is 5.15. The molecule has 12 heavy (non-hydrogen) atoms. The molecule has 2 heteroatoms. The molecule has 2 nitrogen and oxygen atoms in total. The van der Waals surface area contributed by atoms with Crippen LogP contribution >= 0.6 is 0 Å². The number of rotatable bonds is 5. The van der Waals surface area contributed by atoms with Crippen LogP contribution in [0.1, 0.15) is 6.42 Å². The smallest absolute Gasteiger partial charge is 0.111 e. The molecule has 0 saturated carbocycles. The highest BCUT2D eigenvalue weighted by molar-refractivity contribution is 5.14. The van der Waals surface area contributed by atoms with Gasteiger partial charge in [0.2, 0.25) is 0 Å². The van der Waals surface area contributed by atoms with Gasteiger partial charge in [0.25, 0.3) is 0 Å². The third kappa shape index (κ3) is 6.68. The van der Waals surface area contributed by atoms with E-state index in [0.717, 1.165) is 6.42 Å². The molecule has 0 atom stereocenters. The molecule has 0 bridgehead atoms. The minimum absolute atomic E-state index is 0.647. The van der Waals surface area contributed by atoms with E-state index in [1.165, 1.54) is 6.20 Å². The van der Waals surface area contributed by atoms with Gasteiger partial charge in [-0.25, -0.2) is 0 Å². The third-order valence-corrected chi connectivity index (χ3v) is 1.20. The fourth-order valence-electron chi connectivity index (χ4n) is 0.545. The van der Waals surface area contributed by atoms with Gasteiger partial charge in [0, 0.05) is 0 Å². The van der Waals surface area contributed by atoms with Gasteiger partial charge in [0.1, 0.15) is 5.76 Å². The van der Waals surface area contributed by atoms with Crippen molar-refractivity contribution in [2.24, 2.45) is 5.73 Å². The molecule has 0 aromatic heterocycles. The molecule has 0 amide bonds. The van der Waals surface area contributed by atoms with Crippen molar-refractivity contribution in [1.82, 2.24) is 0 Å². The van der Waals surface area contributed by atoms with Gasteiger partial charge < -0.3 is 10.5 Å². The van der Waals surface area contributed by atoms with Crippen LogP contribution in [0.2, 0.25) is 0 Å². The number of allylic oxidation sites excluding steroid dienone is 5. The molecule has 0 spiro atoms. The zero-order valence-corrected chi connectivity index (χ0v) is 7.36. The number of hydrogen-bond acceptors (Lipinski definition) is 2. The van der Waals surface area contributed by atoms with Gasteiger partial charge >= 0.3 is 0 Å². The fraction of sp³-hybridized carbons (Fsp3) is 0.200. The van der Waals surface area contributed by atoms with E-state index >= 15 is 0 Å². The van der Waals surface area contributed by atoms with Gasteiger partial charge in [0.05, 0.1) is 7.11 Å². The minimum atomic E-state index is 0.647. The van der Waals surface area contributed by atoms with Crippen LogP contribution in [-0.2, 0) is 4.74 Å². The van der Waals surface area contributed by atoms with Crippen molar-refractivity contribution in [3.8, 4) is 0 Å². The standard InChI is InChI=1S/C10H15NO/c1-10(12-2)8-6-4-3-5-7-9-11/h3-4,6-9H,1,5,11H2,2H3/b4-3-,8-6-,9-7?. The average molecular weight is 165 g/mol. The maximum atomic E-state index is 5.15. The van der Waals surface area contributed by atoms with Gasteiger partial charge in [-0.1, -0.05) is 30.9 Å². The van der Waals surface area contributed by atoms with Gasteiger partial charge in [0.15, 0.2) is 0 Å². The molecular formula is C10H15NO. The summed E-state index contributed by atoms with van der Waals surface area (Å²) in [5.74, 6) is 0.647. The average Bonchev–Trinajstić information content (AvgIpc) is 2.10. The molecule has 0 heterocycles. The fourth-order valence-corrected chi connectivity index (χ4v) is 0.545. The summed E-state index contributed by atoms with van der Waals surface area (Å²) in [7, 11) is 1.59. The highest BCUT2D eigenvalue weighted by Gasteiger charge is 1.76. The lowest BCUT2D eigenvalue weighted by molar-refractivity contribution is 0.309. The van der Waals surface area contributed by atoms with E-state index in [0.29, 0.717) is 5.76 Å². The third-order valence-electron chi connectivity index (χ3n) is 1.20. The Morgan fingerprint density at radius 1 is 1.42 bits per heavy atom. The zero-order chi connectivity index (χ0) is 9.23. The first-order valence-electron chi connectivity index (χ1n) is 3.74. The van der Waals surface area contributed by atoms with Crippen LogP contribution in [0, 0.1) is 0 Å². The van der Waals surface area contributed by atoms with Crippen LogP contribution < -0.4 is 5.73 Å². The second-order valence-corrected chi connectivity index (χ2v) is 2.12. The van der Waals surface area contributed by atoms with Crippen molar-refractivity contribution in [2.45, 2.75) is 6.42 Å². The Balaban J connectivity index is 3.59. The Hall–Kier alpha value is -1.44. The monoisotopic (exact) mass is 165 g/mol. The van der Waals surface area contributed by atoms with E-state index in [-0.39, 0.29) is 0 Å². The Labute approximate surface area is 73.7 Å². The molecule has 2 N–H and O–H groups in total. The van der Waals surface area contributed by atoms with Crippen LogP contribution in [0.5, 0.6) is 0 Å². The van der Waals surface area contributed by atoms with Crippen molar-refractivity contribution in [2.75, 3.05) is 7.11 Å². The topological polar surface area (TPSA) is 35.2 Å². The minimum Gasteiger partial charge on any atom is -0.497 e. The second-order valence-electron chi connectivity index (χ2n) is 2.12. The number of ether oxygens (including phenoxy) is 1. The molecular weight excluding hydrogens is 150 g/mol. The molecule has 0 saturated heterocycles. The van der Waals surface area contributed by atoms with Crippen LogP contribution in [0.25, 0.3) is 0 Å². The van der Waals surface area contributed by atoms with Crippen LogP contribution in [0.3, 0.4) is 0 Å². The summed E-state index contributed by atoms with van der Waals surface area (Å²) in [5.41, 5.74) is 5.15. The van der Waals surface area contributed by atoms with Crippen molar-refractivity contribution < 1.29 is 4.74 Å². The second kappa shape index (κ2) is 7.66. The Morgan fingerprint density at radius 3 is 2.75 bits per heavy atom. The first-order chi connectivity index (χ1) is 5.81. The van der Waals surface area contributed by atoms with Crippen molar-refractivity contribution in [3.63, 3.8) is 0 Å². The highest BCUT2D eigenvalue weighted by Crippen LogP contribution is 1.93. The summed E-state index contributed by atoms with van der Waals surface area (Å²) in [5, 5.41) is 0. The molecule has 66 valence electrons. The zero-order valence-electron chi connectivity index (χ0n) is 7.36. The summed E-state index contributed by atoms with van der Waals surface area (Å²) in [4.78, 5) is 0. The molecule has 0 aliphatic heterocycles. The molecule has 0 unspecified atom stereocenters. The van der Waals surface area contributed by atoms with Gasteiger partial charge in [-0.3, -0.25) is 0 Å². The van der Waals surface area contributed by atoms with Crippen LogP contribution in [0.4, 0.5) is 0 Å². The van der Waals surface area contributed by atoms with E-state index in [1.807, 2.05) is 24.3 Å². The molecule has 0 aromatic rings. The summed E-state index contributed by atoms with van der Waals surface area (Å²) in [6.45, 7) is 3.63. The summed E-state index contributed by atoms with van der Waals surface area (Å²) >= 11 is 0. The lowest BCUT2D eigenvalue weighted by Gasteiger charge is -1.92. The summed E-state index contributed by atoms with van der Waals surface area (Å²) in [6, 6.07) is 0. The lowest BCUT2D eigenvalue weighted by atomic mass is 10.3. The normalized spacial score (nSPS) is 11.8. The van der Waals surface area contributed by atoms with Crippen LogP contribution in [-0.4, -0.2) is 7.11 Å². The largest absolute Gasteiger partial charge is 0.497 e. The highest BCUT2D eigenvalue weighted by atomic mass is 16.5. The predicted molar refractivity (Wildman–Crippen MR) is 52.4 cm³/mol. The quantitative estimate of drug-likeness (QED) is 0.500. The van der Waals surface area contributed by atoms with Gasteiger partial charge in [-0.2, -0.15) is 0 Å². The SMILES string of the molecule is C=C(/C=C\C=C/CC=CN)OC. The molecule has 0 aromatic carbocycles. The number of methoxy groups -OCH3 is 1. The van der Waals surface area contributed by atoms with Crippen LogP contribution in [0.15, 0.2) is 48.9 Å². The first kappa shape index (κ1) is 10.6. The van der Waals surface area contributed by atoms with E-state index in [1.54, 1.807) is 13.2 Å². The number of nitrogens with two attached hydrogens (primary N) is 1. The van der Waals surface area contributed by atoms with Gasteiger partial charge in [-0.05, 0) is 18.7 Å². The Bertz CT molecular complexity index is 202. The molecule has 0 rings (SSSR count). The Morgan fingerprint density at radius 2 is 2.17 bits per heavy atom. The van der Waals surface area contributed by atoms with Crippen molar-refractivity contribution in [1.29, 1.82) is 0 Å². The number of hydrogen-bond donors (Lipinski definition) is 1. The molecule has 0 fully saturated rings. The van der Waals surface area contributed by atoms with Gasteiger partial charge in [-0.15, -0.1) is 0 Å². The van der Waals surface area contributed by atoms with E-state index in [9.17, 15) is 0 Å². The lowest BCUT2D eigenvalue weighted by Crippen LogP contribution is -1.75. The predicted octanol–water partition coefficient (Wildman–Crippen LogP) is 2.12.